The molecule has 28 heteroatoms. The minimum absolute atomic E-state index is 0.104. The van der Waals surface area contributed by atoms with Gasteiger partial charge in [-0.05, 0) is 35.7 Å². The van der Waals surface area contributed by atoms with Crippen molar-refractivity contribution in [3.8, 4) is 0 Å². The quantitative estimate of drug-likeness (QED) is 0.0713. The molecule has 3 nitrogen and oxygen atoms in total. The van der Waals surface area contributed by atoms with Crippen molar-refractivity contribution in [1.82, 2.24) is 0 Å². The Balaban J connectivity index is 0.000000378. The van der Waals surface area contributed by atoms with Gasteiger partial charge in [0.05, 0.1) is 49.9 Å². The molecule has 0 aliphatic rings. The molecule has 1 heterocycles. The van der Waals surface area contributed by atoms with Crippen molar-refractivity contribution in [3.63, 3.8) is 0 Å². The largest absolute Gasteiger partial charge is 0.477 e. The van der Waals surface area contributed by atoms with E-state index < -0.39 is 201 Å². The summed E-state index contributed by atoms with van der Waals surface area (Å²) in [6.45, 7) is 4.36. The lowest BCUT2D eigenvalue weighted by Crippen LogP contribution is -2.75. The van der Waals surface area contributed by atoms with E-state index in [4.69, 9.17) is 0 Å². The van der Waals surface area contributed by atoms with Gasteiger partial charge in [0.2, 0.25) is 5.69 Å². The molecule has 7 aromatic rings. The Kier molecular flexibility index (Phi) is 16.0. The zero-order valence-corrected chi connectivity index (χ0v) is 38.6. The van der Waals surface area contributed by atoms with E-state index in [0.29, 0.717) is 12.2 Å². The number of carboxylic acid groups (broad SMARTS) is 1. The summed E-state index contributed by atoms with van der Waals surface area (Å²) in [5.74, 6) is -1.00. The molecule has 0 aliphatic carbocycles. The molecule has 0 spiro atoms. The van der Waals surface area contributed by atoms with Gasteiger partial charge in [0, 0.05) is 11.6 Å². The second-order valence-electron chi connectivity index (χ2n) is 17.4. The summed E-state index contributed by atoms with van der Waals surface area (Å²) in [6, 6.07) is 10.9. The van der Waals surface area contributed by atoms with Gasteiger partial charge in [-0.25, -0.2) is 4.79 Å². The number of carboxylic acids is 1. The molecule has 0 saturated carbocycles. The molecule has 0 bridgehead atoms. The predicted molar refractivity (Wildman–Crippen MR) is 236 cm³/mol. The molecule has 0 fully saturated rings. The van der Waals surface area contributed by atoms with E-state index >= 15 is 0 Å². The van der Waals surface area contributed by atoms with Crippen molar-refractivity contribution < 1.29 is 120 Å². The van der Waals surface area contributed by atoms with Gasteiger partial charge in [-0.15, -0.1) is 0 Å². The number of benzene rings is 6. The van der Waals surface area contributed by atoms with Crippen LogP contribution in [0.25, 0.3) is 16.3 Å². The molecule has 6 aromatic carbocycles. The Morgan fingerprint density at radius 1 is 0.392 bits per heavy atom. The first kappa shape index (κ1) is 60.6. The van der Waals surface area contributed by atoms with E-state index in [1.807, 2.05) is 71.4 Å². The average molecular weight is 1150 g/mol. The smallest absolute Gasteiger partial charge is 0.416 e. The third-order valence-electron chi connectivity index (χ3n) is 12.1. The molecule has 0 saturated heterocycles. The van der Waals surface area contributed by atoms with Crippen LogP contribution in [0.5, 0.6) is 0 Å². The third kappa shape index (κ3) is 13.4. The Hall–Kier alpha value is -7.68. The van der Waals surface area contributed by atoms with Gasteiger partial charge < -0.3 is 5.11 Å². The fourth-order valence-electron chi connectivity index (χ4n) is 8.68. The van der Waals surface area contributed by atoms with Crippen molar-refractivity contribution in [3.05, 3.63) is 202 Å². The standard InChI is InChI=1S/C32H12BF24.C19H15NO2/c34-25(35,36)13-1-14(26(37,38)39)6-21(5-13)33(22-7-15(27(40,41)42)2-16(8-22)28(43,44)45,23-9-17(29(46,47)48)3-18(10-23)30(49,50)51)24-11-19(31(52,53)54)4-20(12-24)32(55,56)57;1-14(19(21)22)18-17-10-6-5-9-16(17)11-12-20(18)13-15-7-3-2-4-8-15/h1-12H;2-12H,1,13H2/q-1;/p+1. The fourth-order valence-corrected chi connectivity index (χ4v) is 8.68. The van der Waals surface area contributed by atoms with Gasteiger partial charge in [-0.2, -0.15) is 132 Å². The molecule has 7 rings (SSSR count). The Labute approximate surface area is 427 Å². The fraction of sp³-hybridized carbons (Fsp3) is 0.176. The minimum atomic E-state index is -6.13. The summed E-state index contributed by atoms with van der Waals surface area (Å²) in [5, 5.41) is 11.3. The third-order valence-corrected chi connectivity index (χ3v) is 12.1. The van der Waals surface area contributed by atoms with E-state index in [1.165, 1.54) is 0 Å². The van der Waals surface area contributed by atoms with Crippen molar-refractivity contribution in [1.29, 1.82) is 0 Å². The molecule has 0 atom stereocenters. The lowest BCUT2D eigenvalue weighted by atomic mass is 9.12. The summed E-state index contributed by atoms with van der Waals surface area (Å²) in [6.07, 6.45) is -52.9. The zero-order valence-electron chi connectivity index (χ0n) is 38.6. The second kappa shape index (κ2) is 20.8. The van der Waals surface area contributed by atoms with Crippen LogP contribution in [0.15, 0.2) is 146 Å². The van der Waals surface area contributed by atoms with Gasteiger partial charge in [0.15, 0.2) is 12.7 Å². The van der Waals surface area contributed by atoms with Crippen LogP contribution >= 0.6 is 0 Å². The maximum atomic E-state index is 14.2. The highest BCUT2D eigenvalue weighted by atomic mass is 19.4. The molecular weight excluding hydrogens is 1130 g/mol. The molecular formula is C51H28BF24NO2. The summed E-state index contributed by atoms with van der Waals surface area (Å²) >= 11 is 0. The molecule has 79 heavy (non-hydrogen) atoms. The van der Waals surface area contributed by atoms with E-state index in [-0.39, 0.29) is 5.57 Å². The number of hydrogen-bond donors (Lipinski definition) is 1. The van der Waals surface area contributed by atoms with E-state index in [2.05, 4.69) is 6.58 Å². The lowest BCUT2D eigenvalue weighted by Gasteiger charge is -2.46. The average Bonchev–Trinajstić information content (AvgIpc) is 3.39. The summed E-state index contributed by atoms with van der Waals surface area (Å²) < 4.78 is 343. The maximum absolute atomic E-state index is 14.2. The highest BCUT2D eigenvalue weighted by Gasteiger charge is 2.47. The van der Waals surface area contributed by atoms with Crippen molar-refractivity contribution >= 4 is 50.3 Å². The number of pyridine rings is 1. The van der Waals surface area contributed by atoms with Gasteiger partial charge >= 0.3 is 55.4 Å². The van der Waals surface area contributed by atoms with Crippen LogP contribution in [0.4, 0.5) is 105 Å². The van der Waals surface area contributed by atoms with Crippen LogP contribution in [0.1, 0.15) is 55.8 Å². The first-order valence-corrected chi connectivity index (χ1v) is 21.7. The lowest BCUT2D eigenvalue weighted by molar-refractivity contribution is -0.689. The zero-order chi connectivity index (χ0) is 59.4. The Bertz CT molecular complexity index is 2980. The number of aliphatic carboxylic acids is 1. The van der Waals surface area contributed by atoms with Crippen LogP contribution < -0.4 is 26.4 Å². The van der Waals surface area contributed by atoms with Crippen molar-refractivity contribution in [2.75, 3.05) is 0 Å². The molecule has 420 valence electrons. The van der Waals surface area contributed by atoms with Gasteiger partial charge in [0.1, 0.15) is 11.7 Å². The first-order chi connectivity index (χ1) is 35.9. The first-order valence-electron chi connectivity index (χ1n) is 21.7. The van der Waals surface area contributed by atoms with Crippen LogP contribution in [0, 0.1) is 0 Å². The monoisotopic (exact) mass is 1150 g/mol. The molecule has 1 N–H and O–H groups in total. The van der Waals surface area contributed by atoms with E-state index in [1.54, 1.807) is 0 Å². The number of hydrogen-bond acceptors (Lipinski definition) is 1. The summed E-state index contributed by atoms with van der Waals surface area (Å²) in [4.78, 5) is 11.4. The normalized spacial score (nSPS) is 13.3. The van der Waals surface area contributed by atoms with Crippen molar-refractivity contribution in [2.45, 2.75) is 56.0 Å². The van der Waals surface area contributed by atoms with Crippen LogP contribution in [0.2, 0.25) is 0 Å². The van der Waals surface area contributed by atoms with Gasteiger partial charge in [-0.3, -0.25) is 0 Å². The minimum Gasteiger partial charge on any atom is -0.477 e. The molecule has 1 aromatic heterocycles. The summed E-state index contributed by atoms with van der Waals surface area (Å²) in [5.41, 5.74) is -28.3. The Morgan fingerprint density at radius 3 is 0.924 bits per heavy atom. The van der Waals surface area contributed by atoms with Crippen LogP contribution in [-0.2, 0) is 60.7 Å². The van der Waals surface area contributed by atoms with Gasteiger partial charge in [0.25, 0.3) is 0 Å². The second-order valence-corrected chi connectivity index (χ2v) is 17.4. The van der Waals surface area contributed by atoms with Crippen LogP contribution in [0.3, 0.4) is 0 Å². The number of alkyl halides is 24. The molecule has 0 aliphatic heterocycles. The molecule has 0 radical (unpaired) electrons. The number of nitrogens with zero attached hydrogens (tertiary/aromatic N) is 1. The Morgan fingerprint density at radius 2 is 0.658 bits per heavy atom. The molecule has 0 amide bonds. The SMILES string of the molecule is C=C(C(=O)O)c1c2ccccc2cc[n+]1Cc1ccccc1.FC(F)(F)c1cc([B-](c2cc(C(F)(F)F)cc(C(F)(F)F)c2)(c2cc(C(F)(F)F)cc(C(F)(F)F)c2)c2cc(C(F)(F)F)cc(C(F)(F)F)c2)cc(C(F)(F)F)c1. The van der Waals surface area contributed by atoms with E-state index in [9.17, 15) is 115 Å². The number of aromatic nitrogens is 1. The highest BCUT2D eigenvalue weighted by Crippen LogP contribution is 2.41. The topological polar surface area (TPSA) is 41.2 Å². The van der Waals surface area contributed by atoms with Crippen LogP contribution in [-0.4, -0.2) is 17.2 Å². The predicted octanol–water partition coefficient (Wildman–Crippen LogP) is 14.5. The number of halogens is 24. The van der Waals surface area contributed by atoms with Gasteiger partial charge in [-0.1, -0.05) is 104 Å². The highest BCUT2D eigenvalue weighted by molar-refractivity contribution is 7.20. The van der Waals surface area contributed by atoms with E-state index in [0.717, 1.165) is 16.3 Å². The maximum Gasteiger partial charge on any atom is 0.416 e. The number of rotatable bonds is 8. The van der Waals surface area contributed by atoms with Crippen molar-refractivity contribution in [2.24, 2.45) is 0 Å². The molecule has 0 unspecified atom stereocenters. The number of fused-ring (bicyclic) bond motifs is 1. The summed E-state index contributed by atoms with van der Waals surface area (Å²) in [7, 11) is 0. The number of carbonyl (C=O) groups is 1.